The lowest BCUT2D eigenvalue weighted by Gasteiger charge is -2.35. The van der Waals surface area contributed by atoms with Crippen LogP contribution in [0.5, 0.6) is 0 Å². The second kappa shape index (κ2) is 4.33. The Bertz CT molecular complexity index is 391. The maximum absolute atomic E-state index is 13.2. The lowest BCUT2D eigenvalue weighted by Crippen LogP contribution is -2.40. The molecule has 2 rings (SSSR count). The first kappa shape index (κ1) is 11.3. The summed E-state index contributed by atoms with van der Waals surface area (Å²) in [6.45, 7) is 0. The van der Waals surface area contributed by atoms with E-state index in [4.69, 9.17) is 4.74 Å². The largest absolute Gasteiger partial charge is 0.381 e. The Morgan fingerprint density at radius 3 is 2.56 bits per heavy atom. The summed E-state index contributed by atoms with van der Waals surface area (Å²) in [5.41, 5.74) is -0.128. The molecule has 0 atom stereocenters. The molecule has 0 spiro atoms. The van der Waals surface area contributed by atoms with E-state index in [2.05, 4.69) is 5.32 Å². The zero-order valence-electron chi connectivity index (χ0n) is 8.77. The van der Waals surface area contributed by atoms with Gasteiger partial charge in [0, 0.05) is 25.3 Å². The number of benzene rings is 1. The zero-order chi connectivity index (χ0) is 11.7. The molecule has 0 aliphatic heterocycles. The fourth-order valence-corrected chi connectivity index (χ4v) is 1.76. The minimum absolute atomic E-state index is 0.0145. The lowest BCUT2D eigenvalue weighted by molar-refractivity contribution is 0.0328. The van der Waals surface area contributed by atoms with Crippen LogP contribution in [0.3, 0.4) is 0 Å². The Morgan fingerprint density at radius 1 is 1.25 bits per heavy atom. The van der Waals surface area contributed by atoms with Crippen LogP contribution in [0, 0.1) is 17.5 Å². The Labute approximate surface area is 91.4 Å². The minimum atomic E-state index is -1.18. The topological polar surface area (TPSA) is 21.3 Å². The summed E-state index contributed by atoms with van der Waals surface area (Å²) < 4.78 is 44.0. The van der Waals surface area contributed by atoms with Crippen molar-refractivity contribution in [1.82, 2.24) is 0 Å². The molecule has 0 aromatic heterocycles. The van der Waals surface area contributed by atoms with Crippen molar-refractivity contribution in [3.8, 4) is 0 Å². The van der Waals surface area contributed by atoms with Crippen molar-refractivity contribution in [1.29, 1.82) is 0 Å². The van der Waals surface area contributed by atoms with Gasteiger partial charge in [0.15, 0.2) is 11.6 Å². The van der Waals surface area contributed by atoms with E-state index in [-0.39, 0.29) is 17.8 Å². The number of halogens is 3. The first-order chi connectivity index (χ1) is 7.60. The predicted molar refractivity (Wildman–Crippen MR) is 53.8 cm³/mol. The van der Waals surface area contributed by atoms with Crippen LogP contribution in [0.4, 0.5) is 18.9 Å². The first-order valence-electron chi connectivity index (χ1n) is 5.04. The van der Waals surface area contributed by atoms with Crippen LogP contribution in [0.25, 0.3) is 0 Å². The van der Waals surface area contributed by atoms with E-state index in [1.807, 2.05) is 0 Å². The molecule has 1 aromatic carbocycles. The van der Waals surface area contributed by atoms with Gasteiger partial charge in [-0.1, -0.05) is 0 Å². The molecule has 1 fully saturated rings. The number of ether oxygens (including phenoxy) is 1. The molecule has 1 aliphatic carbocycles. The third-order valence-corrected chi connectivity index (χ3v) is 2.78. The van der Waals surface area contributed by atoms with Crippen LogP contribution in [0.1, 0.15) is 12.8 Å². The maximum atomic E-state index is 13.2. The fourth-order valence-electron chi connectivity index (χ4n) is 1.76. The average molecular weight is 231 g/mol. The van der Waals surface area contributed by atoms with Crippen LogP contribution in [0.2, 0.25) is 0 Å². The molecule has 5 heteroatoms. The van der Waals surface area contributed by atoms with Crippen molar-refractivity contribution in [3.63, 3.8) is 0 Å². The fraction of sp³-hybridized carbons (Fsp3) is 0.455. The van der Waals surface area contributed by atoms with Crippen LogP contribution in [0.15, 0.2) is 12.1 Å². The van der Waals surface area contributed by atoms with Crippen LogP contribution in [-0.2, 0) is 4.74 Å². The maximum Gasteiger partial charge on any atom is 0.182 e. The minimum Gasteiger partial charge on any atom is -0.381 e. The van der Waals surface area contributed by atoms with E-state index < -0.39 is 17.5 Å². The van der Waals surface area contributed by atoms with Gasteiger partial charge in [0.2, 0.25) is 0 Å². The van der Waals surface area contributed by atoms with Gasteiger partial charge >= 0.3 is 0 Å². The summed E-state index contributed by atoms with van der Waals surface area (Å²) in [5.74, 6) is -3.00. The average Bonchev–Trinajstić information content (AvgIpc) is 2.17. The second-order valence-corrected chi connectivity index (χ2v) is 3.92. The van der Waals surface area contributed by atoms with Gasteiger partial charge in [0.25, 0.3) is 0 Å². The molecule has 0 saturated heterocycles. The summed E-state index contributed by atoms with van der Waals surface area (Å²) in [6, 6.07) is 1.50. The Hall–Kier alpha value is -1.23. The molecular formula is C11H12F3NO. The van der Waals surface area contributed by atoms with Crippen molar-refractivity contribution in [2.75, 3.05) is 12.4 Å². The van der Waals surface area contributed by atoms with Gasteiger partial charge in [-0.2, -0.15) is 0 Å². The monoisotopic (exact) mass is 231 g/mol. The Kier molecular flexibility index (Phi) is 3.05. The van der Waals surface area contributed by atoms with Crippen LogP contribution >= 0.6 is 0 Å². The highest BCUT2D eigenvalue weighted by molar-refractivity contribution is 5.46. The van der Waals surface area contributed by atoms with E-state index in [1.165, 1.54) is 0 Å². The van der Waals surface area contributed by atoms with Gasteiger partial charge < -0.3 is 10.1 Å². The molecule has 2 nitrogen and oxygen atoms in total. The van der Waals surface area contributed by atoms with E-state index in [9.17, 15) is 13.2 Å². The van der Waals surface area contributed by atoms with Gasteiger partial charge in [-0.25, -0.2) is 13.2 Å². The first-order valence-corrected chi connectivity index (χ1v) is 5.04. The Balaban J connectivity index is 2.05. The SMILES string of the molecule is COC1CC(Nc2cc(F)cc(F)c2F)C1. The highest BCUT2D eigenvalue weighted by Gasteiger charge is 2.29. The third-order valence-electron chi connectivity index (χ3n) is 2.78. The van der Waals surface area contributed by atoms with Gasteiger partial charge in [0.05, 0.1) is 11.8 Å². The zero-order valence-corrected chi connectivity index (χ0v) is 8.77. The molecule has 1 aromatic rings. The molecule has 0 heterocycles. The van der Waals surface area contributed by atoms with Crippen LogP contribution < -0.4 is 5.32 Å². The molecular weight excluding hydrogens is 219 g/mol. The molecule has 1 saturated carbocycles. The third kappa shape index (κ3) is 2.14. The van der Waals surface area contributed by atoms with Crippen molar-refractivity contribution >= 4 is 5.69 Å². The number of hydrogen-bond donors (Lipinski definition) is 1. The molecule has 0 unspecified atom stereocenters. The molecule has 0 bridgehead atoms. The highest BCUT2D eigenvalue weighted by atomic mass is 19.2. The Morgan fingerprint density at radius 2 is 1.94 bits per heavy atom. The lowest BCUT2D eigenvalue weighted by atomic mass is 9.89. The molecule has 88 valence electrons. The van der Waals surface area contributed by atoms with Gasteiger partial charge in [-0.15, -0.1) is 0 Å². The highest BCUT2D eigenvalue weighted by Crippen LogP contribution is 2.28. The van der Waals surface area contributed by atoms with E-state index in [0.717, 1.165) is 6.07 Å². The van der Waals surface area contributed by atoms with E-state index >= 15 is 0 Å². The number of hydrogen-bond acceptors (Lipinski definition) is 2. The van der Waals surface area contributed by atoms with Gasteiger partial charge in [-0.3, -0.25) is 0 Å². The van der Waals surface area contributed by atoms with Crippen molar-refractivity contribution in [2.24, 2.45) is 0 Å². The summed E-state index contributed by atoms with van der Waals surface area (Å²) in [7, 11) is 1.60. The van der Waals surface area contributed by atoms with E-state index in [0.29, 0.717) is 18.9 Å². The summed E-state index contributed by atoms with van der Waals surface area (Å²) in [6.07, 6.45) is 1.58. The molecule has 0 amide bonds. The normalized spacial score (nSPS) is 24.0. The summed E-state index contributed by atoms with van der Waals surface area (Å²) in [4.78, 5) is 0. The van der Waals surface area contributed by atoms with Crippen LogP contribution in [-0.4, -0.2) is 19.3 Å². The molecule has 1 aliphatic rings. The second-order valence-electron chi connectivity index (χ2n) is 3.92. The van der Waals surface area contributed by atoms with E-state index in [1.54, 1.807) is 7.11 Å². The number of methoxy groups -OCH3 is 1. The predicted octanol–water partition coefficient (Wildman–Crippen LogP) is 2.69. The smallest absolute Gasteiger partial charge is 0.182 e. The number of nitrogens with one attached hydrogen (secondary N) is 1. The number of rotatable bonds is 3. The molecule has 16 heavy (non-hydrogen) atoms. The molecule has 0 radical (unpaired) electrons. The van der Waals surface area contributed by atoms with Crippen molar-refractivity contribution in [3.05, 3.63) is 29.6 Å². The number of anilines is 1. The quantitative estimate of drug-likeness (QED) is 0.807. The summed E-state index contributed by atoms with van der Waals surface area (Å²) in [5, 5.41) is 2.76. The van der Waals surface area contributed by atoms with Gasteiger partial charge in [0.1, 0.15) is 5.82 Å². The standard InChI is InChI=1S/C11H12F3NO/c1-16-8-4-7(5-8)15-10-3-6(12)2-9(13)11(10)14/h2-3,7-8,15H,4-5H2,1H3. The van der Waals surface area contributed by atoms with Crippen molar-refractivity contribution < 1.29 is 17.9 Å². The molecule has 1 N–H and O–H groups in total. The van der Waals surface area contributed by atoms with Crippen molar-refractivity contribution in [2.45, 2.75) is 25.0 Å². The van der Waals surface area contributed by atoms with Gasteiger partial charge in [-0.05, 0) is 12.8 Å². The summed E-state index contributed by atoms with van der Waals surface area (Å²) >= 11 is 0.